The van der Waals surface area contributed by atoms with Gasteiger partial charge in [0.05, 0.1) is 5.75 Å². The lowest BCUT2D eigenvalue weighted by Crippen LogP contribution is -2.56. The normalized spacial score (nSPS) is 31.9. The Morgan fingerprint density at radius 1 is 1.38 bits per heavy atom. The van der Waals surface area contributed by atoms with Crippen LogP contribution in [0.1, 0.15) is 39.5 Å². The molecule has 0 atom stereocenters. The van der Waals surface area contributed by atoms with E-state index in [1.165, 1.54) is 4.31 Å². The molecule has 1 saturated carbocycles. The molecule has 0 radical (unpaired) electrons. The SMILES string of the molecule is CCS(=O)(=O)N(C)C1(CN)CCC(C)CC1. The summed E-state index contributed by atoms with van der Waals surface area (Å²) in [6.45, 7) is 4.33. The van der Waals surface area contributed by atoms with Gasteiger partial charge in [0.2, 0.25) is 10.0 Å². The molecule has 0 bridgehead atoms. The molecule has 1 rings (SSSR count). The minimum atomic E-state index is -3.13. The zero-order valence-corrected chi connectivity index (χ0v) is 11.4. The molecule has 5 heteroatoms. The quantitative estimate of drug-likeness (QED) is 0.812. The molecule has 0 unspecified atom stereocenters. The Morgan fingerprint density at radius 3 is 2.25 bits per heavy atom. The average molecular weight is 248 g/mol. The molecule has 0 aliphatic heterocycles. The fourth-order valence-corrected chi connectivity index (χ4v) is 3.67. The Bertz CT molecular complexity index is 319. The van der Waals surface area contributed by atoms with Gasteiger partial charge in [-0.25, -0.2) is 8.42 Å². The van der Waals surface area contributed by atoms with Crippen LogP contribution in [0.4, 0.5) is 0 Å². The second-order valence-corrected chi connectivity index (χ2v) is 7.27. The lowest BCUT2D eigenvalue weighted by molar-refractivity contribution is 0.135. The van der Waals surface area contributed by atoms with Crippen molar-refractivity contribution in [3.8, 4) is 0 Å². The fourth-order valence-electron chi connectivity index (χ4n) is 2.44. The van der Waals surface area contributed by atoms with Gasteiger partial charge in [-0.15, -0.1) is 0 Å². The van der Waals surface area contributed by atoms with Gasteiger partial charge < -0.3 is 5.73 Å². The van der Waals surface area contributed by atoms with Crippen LogP contribution < -0.4 is 5.73 Å². The number of nitrogens with zero attached hydrogens (tertiary/aromatic N) is 1. The predicted molar refractivity (Wildman–Crippen MR) is 66.6 cm³/mol. The monoisotopic (exact) mass is 248 g/mol. The van der Waals surface area contributed by atoms with Crippen LogP contribution in [0.25, 0.3) is 0 Å². The molecule has 1 aliphatic carbocycles. The van der Waals surface area contributed by atoms with Crippen LogP contribution in [-0.4, -0.2) is 37.6 Å². The smallest absolute Gasteiger partial charge is 0.214 e. The third kappa shape index (κ3) is 2.57. The molecule has 4 nitrogen and oxygen atoms in total. The summed E-state index contributed by atoms with van der Waals surface area (Å²) in [6, 6.07) is 0. The molecule has 0 aromatic heterocycles. The molecule has 0 heterocycles. The van der Waals surface area contributed by atoms with E-state index in [2.05, 4.69) is 6.92 Å². The Kier molecular flexibility index (Phi) is 4.37. The third-order valence-electron chi connectivity index (χ3n) is 4.03. The van der Waals surface area contributed by atoms with Gasteiger partial charge in [0.15, 0.2) is 0 Å². The summed E-state index contributed by atoms with van der Waals surface area (Å²) < 4.78 is 25.4. The van der Waals surface area contributed by atoms with Crippen molar-refractivity contribution in [2.24, 2.45) is 11.7 Å². The van der Waals surface area contributed by atoms with Gasteiger partial charge in [-0.3, -0.25) is 0 Å². The number of nitrogens with two attached hydrogens (primary N) is 1. The minimum Gasteiger partial charge on any atom is -0.329 e. The highest BCUT2D eigenvalue weighted by atomic mass is 32.2. The number of rotatable bonds is 4. The standard InChI is InChI=1S/C11H24N2O2S/c1-4-16(14,15)13(3)11(9-12)7-5-10(2)6-8-11/h10H,4-9,12H2,1-3H3. The highest BCUT2D eigenvalue weighted by Gasteiger charge is 2.41. The number of likely N-dealkylation sites (N-methyl/N-ethyl adjacent to an activating group) is 1. The summed E-state index contributed by atoms with van der Waals surface area (Å²) in [5.41, 5.74) is 5.50. The van der Waals surface area contributed by atoms with Crippen LogP contribution in [-0.2, 0) is 10.0 Å². The number of hydrogen-bond acceptors (Lipinski definition) is 3. The number of hydrogen-bond donors (Lipinski definition) is 1. The van der Waals surface area contributed by atoms with Gasteiger partial charge in [-0.1, -0.05) is 6.92 Å². The Labute approximate surface area is 99.2 Å². The third-order valence-corrected chi connectivity index (χ3v) is 5.99. The maximum atomic E-state index is 11.9. The van der Waals surface area contributed by atoms with E-state index in [1.54, 1.807) is 14.0 Å². The van der Waals surface area contributed by atoms with Crippen molar-refractivity contribution in [1.82, 2.24) is 4.31 Å². The highest BCUT2D eigenvalue weighted by Crippen LogP contribution is 2.36. The Balaban J connectivity index is 2.89. The summed E-state index contributed by atoms with van der Waals surface area (Å²) in [5.74, 6) is 0.846. The van der Waals surface area contributed by atoms with Gasteiger partial charge in [0.25, 0.3) is 0 Å². The second kappa shape index (κ2) is 5.02. The molecule has 0 saturated heterocycles. The van der Waals surface area contributed by atoms with Crippen molar-refractivity contribution in [2.75, 3.05) is 19.3 Å². The van der Waals surface area contributed by atoms with Crippen molar-refractivity contribution in [3.05, 3.63) is 0 Å². The van der Waals surface area contributed by atoms with Crippen molar-refractivity contribution in [2.45, 2.75) is 45.1 Å². The van der Waals surface area contributed by atoms with Crippen LogP contribution in [0.15, 0.2) is 0 Å². The van der Waals surface area contributed by atoms with E-state index in [4.69, 9.17) is 5.73 Å². The van der Waals surface area contributed by atoms with E-state index >= 15 is 0 Å². The van der Waals surface area contributed by atoms with Crippen molar-refractivity contribution in [1.29, 1.82) is 0 Å². The van der Waals surface area contributed by atoms with Gasteiger partial charge in [-0.2, -0.15) is 4.31 Å². The zero-order chi connectivity index (χ0) is 12.4. The first-order valence-electron chi connectivity index (χ1n) is 6.05. The summed E-state index contributed by atoms with van der Waals surface area (Å²) in [4.78, 5) is 0. The van der Waals surface area contributed by atoms with Gasteiger partial charge in [0.1, 0.15) is 0 Å². The molecule has 0 aromatic rings. The van der Waals surface area contributed by atoms with E-state index in [-0.39, 0.29) is 11.3 Å². The summed E-state index contributed by atoms with van der Waals surface area (Å²) in [6.07, 6.45) is 3.92. The molecule has 96 valence electrons. The second-order valence-electron chi connectivity index (χ2n) is 4.98. The average Bonchev–Trinajstić information content (AvgIpc) is 2.30. The summed E-state index contributed by atoms with van der Waals surface area (Å²) in [7, 11) is -1.45. The van der Waals surface area contributed by atoms with Crippen LogP contribution in [0, 0.1) is 5.92 Å². The molecule has 0 aromatic carbocycles. The van der Waals surface area contributed by atoms with E-state index in [9.17, 15) is 8.42 Å². The van der Waals surface area contributed by atoms with Crippen molar-refractivity contribution in [3.63, 3.8) is 0 Å². The zero-order valence-electron chi connectivity index (χ0n) is 10.6. The van der Waals surface area contributed by atoms with E-state index in [1.807, 2.05) is 0 Å². The molecule has 0 amide bonds. The topological polar surface area (TPSA) is 63.4 Å². The molecule has 1 fully saturated rings. The highest BCUT2D eigenvalue weighted by molar-refractivity contribution is 7.89. The van der Waals surface area contributed by atoms with E-state index < -0.39 is 10.0 Å². The molecular formula is C11H24N2O2S. The first-order valence-corrected chi connectivity index (χ1v) is 7.65. The largest absolute Gasteiger partial charge is 0.329 e. The summed E-state index contributed by atoms with van der Waals surface area (Å²) >= 11 is 0. The van der Waals surface area contributed by atoms with Crippen LogP contribution >= 0.6 is 0 Å². The van der Waals surface area contributed by atoms with Crippen LogP contribution in [0.2, 0.25) is 0 Å². The van der Waals surface area contributed by atoms with Crippen LogP contribution in [0.3, 0.4) is 0 Å². The molecule has 16 heavy (non-hydrogen) atoms. The van der Waals surface area contributed by atoms with Gasteiger partial charge in [0, 0.05) is 19.1 Å². The lowest BCUT2D eigenvalue weighted by atomic mass is 9.77. The molecular weight excluding hydrogens is 224 g/mol. The molecule has 1 aliphatic rings. The Morgan fingerprint density at radius 2 is 1.88 bits per heavy atom. The first-order chi connectivity index (χ1) is 7.38. The summed E-state index contributed by atoms with van der Waals surface area (Å²) in [5, 5.41) is 0. The molecule has 2 N–H and O–H groups in total. The van der Waals surface area contributed by atoms with E-state index in [0.717, 1.165) is 25.7 Å². The Hall–Kier alpha value is -0.130. The van der Waals surface area contributed by atoms with Gasteiger partial charge in [-0.05, 0) is 38.5 Å². The van der Waals surface area contributed by atoms with Crippen molar-refractivity contribution >= 4 is 10.0 Å². The maximum absolute atomic E-state index is 11.9. The van der Waals surface area contributed by atoms with E-state index in [0.29, 0.717) is 12.5 Å². The van der Waals surface area contributed by atoms with Crippen LogP contribution in [0.5, 0.6) is 0 Å². The fraction of sp³-hybridized carbons (Fsp3) is 1.00. The number of sulfonamides is 1. The maximum Gasteiger partial charge on any atom is 0.214 e. The van der Waals surface area contributed by atoms with Gasteiger partial charge >= 0.3 is 0 Å². The first kappa shape index (κ1) is 13.9. The minimum absolute atomic E-state index is 0.154. The molecule has 0 spiro atoms. The predicted octanol–water partition coefficient (Wildman–Crippen LogP) is 1.18. The van der Waals surface area contributed by atoms with Crippen molar-refractivity contribution < 1.29 is 8.42 Å². The lowest BCUT2D eigenvalue weighted by Gasteiger charge is -2.44.